The quantitative estimate of drug-likeness (QED) is 0.675. The van der Waals surface area contributed by atoms with Crippen LogP contribution in [0.15, 0.2) is 52.0 Å². The molecule has 1 aromatic heterocycles. The molecule has 1 atom stereocenters. The first-order valence-electron chi connectivity index (χ1n) is 8.31. The number of nitro groups is 1. The Morgan fingerprint density at radius 2 is 1.96 bits per heavy atom. The Labute approximate surface area is 149 Å². The monoisotopic (exact) mass is 354 g/mol. The number of furan rings is 1. The molecule has 1 saturated heterocycles. The molecule has 0 aliphatic carbocycles. The average Bonchev–Trinajstić information content (AvgIpc) is 3.25. The highest BCUT2D eigenvalue weighted by molar-refractivity contribution is 6.08. The van der Waals surface area contributed by atoms with Gasteiger partial charge in [-0.25, -0.2) is 5.01 Å². The number of hydrogen-bond acceptors (Lipinski definition) is 6. The Morgan fingerprint density at radius 3 is 2.54 bits per heavy atom. The lowest BCUT2D eigenvalue weighted by Crippen LogP contribution is -2.49. The van der Waals surface area contributed by atoms with Gasteiger partial charge in [-0.2, -0.15) is 5.10 Å². The third-order valence-electron chi connectivity index (χ3n) is 4.75. The van der Waals surface area contributed by atoms with Gasteiger partial charge in [-0.3, -0.25) is 14.9 Å². The maximum atomic E-state index is 12.9. The van der Waals surface area contributed by atoms with Gasteiger partial charge in [0.2, 0.25) is 5.91 Å². The summed E-state index contributed by atoms with van der Waals surface area (Å²) in [5.41, 5.74) is 0.0673. The minimum Gasteiger partial charge on any atom is -0.399 e. The van der Waals surface area contributed by atoms with Crippen molar-refractivity contribution >= 4 is 23.2 Å². The van der Waals surface area contributed by atoms with Gasteiger partial charge >= 0.3 is 5.88 Å². The van der Waals surface area contributed by atoms with E-state index in [1.807, 2.05) is 44.2 Å². The van der Waals surface area contributed by atoms with E-state index in [4.69, 9.17) is 4.42 Å². The molecule has 1 spiro atoms. The summed E-state index contributed by atoms with van der Waals surface area (Å²) in [6.45, 7) is 3.94. The Bertz CT molecular complexity index is 918. The molecular weight excluding hydrogens is 336 g/mol. The Morgan fingerprint density at radius 1 is 1.23 bits per heavy atom. The van der Waals surface area contributed by atoms with Crippen LogP contribution in [0.5, 0.6) is 0 Å². The number of hydrazone groups is 1. The van der Waals surface area contributed by atoms with Crippen LogP contribution >= 0.6 is 0 Å². The van der Waals surface area contributed by atoms with Crippen molar-refractivity contribution in [2.45, 2.75) is 37.8 Å². The van der Waals surface area contributed by atoms with Gasteiger partial charge in [0.15, 0.2) is 5.76 Å². The van der Waals surface area contributed by atoms with Crippen molar-refractivity contribution in [1.29, 1.82) is 0 Å². The lowest BCUT2D eigenvalue weighted by Gasteiger charge is -2.32. The fourth-order valence-corrected chi connectivity index (χ4v) is 3.79. The normalized spacial score (nSPS) is 24.0. The van der Waals surface area contributed by atoms with Crippen molar-refractivity contribution in [3.05, 3.63) is 58.3 Å². The number of hydrogen-bond donors (Lipinski definition) is 1. The van der Waals surface area contributed by atoms with E-state index in [0.717, 1.165) is 5.69 Å². The molecular formula is C18H18N4O4. The zero-order valence-corrected chi connectivity index (χ0v) is 14.4. The lowest BCUT2D eigenvalue weighted by atomic mass is 9.85. The molecule has 1 N–H and O–H groups in total. The molecule has 1 aromatic carbocycles. The SMILES string of the molecule is CC1(C)CC2(CC(c3ccc([N+](=O)[O-])o3)=NN2c2ccccc2)C(=O)N1. The molecule has 3 heterocycles. The molecule has 8 heteroatoms. The lowest BCUT2D eigenvalue weighted by molar-refractivity contribution is -0.402. The fourth-order valence-electron chi connectivity index (χ4n) is 3.79. The molecule has 0 bridgehead atoms. The Hall–Kier alpha value is -3.16. The molecule has 8 nitrogen and oxygen atoms in total. The summed E-state index contributed by atoms with van der Waals surface area (Å²) >= 11 is 0. The first-order chi connectivity index (χ1) is 12.3. The minimum absolute atomic E-state index is 0.105. The molecule has 134 valence electrons. The summed E-state index contributed by atoms with van der Waals surface area (Å²) in [6.07, 6.45) is 0.880. The van der Waals surface area contributed by atoms with Crippen molar-refractivity contribution in [2.75, 3.05) is 5.01 Å². The van der Waals surface area contributed by atoms with Gasteiger partial charge in [-0.05, 0) is 32.0 Å². The number of para-hydroxylation sites is 1. The topological polar surface area (TPSA) is 101 Å². The van der Waals surface area contributed by atoms with Crippen molar-refractivity contribution in [2.24, 2.45) is 5.10 Å². The molecule has 2 aromatic rings. The number of amides is 1. The number of anilines is 1. The second-order valence-electron chi connectivity index (χ2n) is 7.31. The summed E-state index contributed by atoms with van der Waals surface area (Å²) in [7, 11) is 0. The van der Waals surface area contributed by atoms with Crippen LogP contribution in [-0.2, 0) is 4.79 Å². The second kappa shape index (κ2) is 5.42. The molecule has 0 radical (unpaired) electrons. The zero-order chi connectivity index (χ0) is 18.5. The number of benzene rings is 1. The van der Waals surface area contributed by atoms with Crippen molar-refractivity contribution in [1.82, 2.24) is 5.32 Å². The first kappa shape index (κ1) is 16.3. The van der Waals surface area contributed by atoms with Crippen LogP contribution < -0.4 is 10.3 Å². The number of rotatable bonds is 3. The zero-order valence-electron chi connectivity index (χ0n) is 14.4. The molecule has 1 fully saturated rings. The summed E-state index contributed by atoms with van der Waals surface area (Å²) in [5, 5.41) is 20.3. The Kier molecular flexibility index (Phi) is 3.40. The van der Waals surface area contributed by atoms with Gasteiger partial charge < -0.3 is 9.73 Å². The summed E-state index contributed by atoms with van der Waals surface area (Å²) in [4.78, 5) is 23.2. The number of nitrogens with one attached hydrogen (secondary N) is 1. The highest BCUT2D eigenvalue weighted by atomic mass is 16.6. The van der Waals surface area contributed by atoms with Crippen LogP contribution in [0.4, 0.5) is 11.6 Å². The highest BCUT2D eigenvalue weighted by Crippen LogP contribution is 2.44. The van der Waals surface area contributed by atoms with Gasteiger partial charge in [0.25, 0.3) is 0 Å². The maximum Gasteiger partial charge on any atom is 0.433 e. The van der Waals surface area contributed by atoms with E-state index >= 15 is 0 Å². The first-order valence-corrected chi connectivity index (χ1v) is 8.31. The summed E-state index contributed by atoms with van der Waals surface area (Å²) in [6, 6.07) is 12.3. The van der Waals surface area contributed by atoms with Crippen LogP contribution in [0, 0.1) is 10.1 Å². The van der Waals surface area contributed by atoms with E-state index < -0.39 is 10.5 Å². The minimum atomic E-state index is -0.873. The van der Waals surface area contributed by atoms with Gasteiger partial charge in [-0.15, -0.1) is 0 Å². The molecule has 1 unspecified atom stereocenters. The van der Waals surface area contributed by atoms with Crippen molar-refractivity contribution in [3.63, 3.8) is 0 Å². The summed E-state index contributed by atoms with van der Waals surface area (Å²) in [5.74, 6) is -0.135. The molecule has 2 aliphatic heterocycles. The van der Waals surface area contributed by atoms with Crippen LogP contribution in [-0.4, -0.2) is 27.6 Å². The predicted octanol–water partition coefficient (Wildman–Crippen LogP) is 2.84. The van der Waals surface area contributed by atoms with Crippen LogP contribution in [0.3, 0.4) is 0 Å². The van der Waals surface area contributed by atoms with Gasteiger partial charge in [-0.1, -0.05) is 18.2 Å². The largest absolute Gasteiger partial charge is 0.433 e. The van der Waals surface area contributed by atoms with E-state index in [-0.39, 0.29) is 17.3 Å². The highest BCUT2D eigenvalue weighted by Gasteiger charge is 2.58. The summed E-state index contributed by atoms with van der Waals surface area (Å²) < 4.78 is 5.31. The smallest absolute Gasteiger partial charge is 0.399 e. The van der Waals surface area contributed by atoms with Gasteiger partial charge in [0.1, 0.15) is 16.2 Å². The molecule has 0 saturated carbocycles. The predicted molar refractivity (Wildman–Crippen MR) is 95.0 cm³/mol. The van der Waals surface area contributed by atoms with Gasteiger partial charge in [0, 0.05) is 18.4 Å². The second-order valence-corrected chi connectivity index (χ2v) is 7.31. The maximum absolute atomic E-state index is 12.9. The molecule has 1 amide bonds. The van der Waals surface area contributed by atoms with E-state index in [0.29, 0.717) is 24.3 Å². The molecule has 26 heavy (non-hydrogen) atoms. The van der Waals surface area contributed by atoms with Gasteiger partial charge in [0.05, 0.1) is 11.8 Å². The van der Waals surface area contributed by atoms with Crippen LogP contribution in [0.1, 0.15) is 32.4 Å². The van der Waals surface area contributed by atoms with Crippen LogP contribution in [0.2, 0.25) is 0 Å². The number of nitrogens with zero attached hydrogens (tertiary/aromatic N) is 3. The third-order valence-corrected chi connectivity index (χ3v) is 4.75. The fraction of sp³-hybridized carbons (Fsp3) is 0.333. The van der Waals surface area contributed by atoms with Crippen molar-refractivity contribution in [3.8, 4) is 0 Å². The average molecular weight is 354 g/mol. The van der Waals surface area contributed by atoms with E-state index in [1.165, 1.54) is 12.1 Å². The van der Waals surface area contributed by atoms with Crippen molar-refractivity contribution < 1.29 is 14.1 Å². The van der Waals surface area contributed by atoms with E-state index in [1.54, 1.807) is 5.01 Å². The molecule has 2 aliphatic rings. The van der Waals surface area contributed by atoms with E-state index in [2.05, 4.69) is 10.4 Å². The number of carbonyl (C=O) groups is 1. The number of carbonyl (C=O) groups excluding carboxylic acids is 1. The van der Waals surface area contributed by atoms with E-state index in [9.17, 15) is 14.9 Å². The Balaban J connectivity index is 1.79. The third kappa shape index (κ3) is 2.45. The van der Waals surface area contributed by atoms with Crippen LogP contribution in [0.25, 0.3) is 0 Å². The standard InChI is InChI=1S/C18H18N4O4/c1-17(2)11-18(16(23)19-17)10-13(14-8-9-15(26-14)22(24)25)20-21(18)12-6-4-3-5-7-12/h3-9H,10-11H2,1-2H3,(H,19,23). The molecule has 4 rings (SSSR count).